The van der Waals surface area contributed by atoms with Crippen LogP contribution in [0, 0.1) is 0 Å². The van der Waals surface area contributed by atoms with Crippen LogP contribution in [0.5, 0.6) is 11.5 Å². The number of Topliss-reactive ketones (excluding diaryl/α,β-unsaturated/α-hetero) is 1. The molecule has 0 unspecified atom stereocenters. The Balaban J connectivity index is 1.54. The van der Waals surface area contributed by atoms with Gasteiger partial charge in [-0.2, -0.15) is 0 Å². The lowest BCUT2D eigenvalue weighted by Gasteiger charge is -2.36. The number of halogens is 1. The third kappa shape index (κ3) is 5.21. The first-order valence-electron chi connectivity index (χ1n) is 9.64. The van der Waals surface area contributed by atoms with Crippen LogP contribution in [0.15, 0.2) is 42.5 Å². The Labute approximate surface area is 176 Å². The number of carbonyl (C=O) groups is 2. The Morgan fingerprint density at radius 3 is 2.34 bits per heavy atom. The average molecular weight is 417 g/mol. The van der Waals surface area contributed by atoms with Gasteiger partial charge in [0.2, 0.25) is 0 Å². The van der Waals surface area contributed by atoms with Crippen molar-refractivity contribution in [2.45, 2.75) is 13.3 Å². The molecule has 0 atom stereocenters. The van der Waals surface area contributed by atoms with Crippen molar-refractivity contribution >= 4 is 29.0 Å². The number of hydrogen-bond acceptors (Lipinski definition) is 5. The highest BCUT2D eigenvalue weighted by Crippen LogP contribution is 2.25. The number of carbonyl (C=O) groups excluding carboxylic acids is 2. The normalized spacial score (nSPS) is 13.9. The molecule has 7 heteroatoms. The van der Waals surface area contributed by atoms with Crippen molar-refractivity contribution < 1.29 is 19.1 Å². The molecule has 1 heterocycles. The van der Waals surface area contributed by atoms with Crippen molar-refractivity contribution in [3.63, 3.8) is 0 Å². The molecule has 0 N–H and O–H groups in total. The minimum absolute atomic E-state index is 0.0666. The van der Waals surface area contributed by atoms with E-state index in [9.17, 15) is 9.59 Å². The van der Waals surface area contributed by atoms with Gasteiger partial charge < -0.3 is 19.3 Å². The van der Waals surface area contributed by atoms with E-state index in [4.69, 9.17) is 21.1 Å². The Hall–Kier alpha value is -2.73. The predicted octanol–water partition coefficient (Wildman–Crippen LogP) is 3.67. The highest BCUT2D eigenvalue weighted by Gasteiger charge is 2.22. The molecular formula is C22H25ClN2O4. The fourth-order valence-electron chi connectivity index (χ4n) is 3.27. The molecule has 1 saturated heterocycles. The van der Waals surface area contributed by atoms with Gasteiger partial charge in [0.05, 0.1) is 12.7 Å². The van der Waals surface area contributed by atoms with Crippen molar-refractivity contribution in [3.05, 3.63) is 53.1 Å². The van der Waals surface area contributed by atoms with Gasteiger partial charge in [-0.25, -0.2) is 0 Å². The maximum atomic E-state index is 12.6. The average Bonchev–Trinajstić information content (AvgIpc) is 2.77. The maximum Gasteiger partial charge on any atom is 0.260 e. The molecule has 29 heavy (non-hydrogen) atoms. The summed E-state index contributed by atoms with van der Waals surface area (Å²) in [7, 11) is 1.65. The molecule has 1 amide bonds. The van der Waals surface area contributed by atoms with Crippen LogP contribution in [0.3, 0.4) is 0 Å². The zero-order chi connectivity index (χ0) is 20.8. The molecule has 0 bridgehead atoms. The van der Waals surface area contributed by atoms with Crippen LogP contribution in [0.4, 0.5) is 5.69 Å². The maximum absolute atomic E-state index is 12.6. The minimum Gasteiger partial charge on any atom is -0.497 e. The van der Waals surface area contributed by atoms with Crippen LogP contribution in [0.1, 0.15) is 23.7 Å². The van der Waals surface area contributed by atoms with Crippen LogP contribution in [0.25, 0.3) is 0 Å². The van der Waals surface area contributed by atoms with Gasteiger partial charge in [-0.3, -0.25) is 9.59 Å². The number of methoxy groups -OCH3 is 1. The third-order valence-corrected chi connectivity index (χ3v) is 5.22. The molecule has 1 fully saturated rings. The van der Waals surface area contributed by atoms with Crippen LogP contribution in [-0.4, -0.2) is 56.5 Å². The fourth-order valence-corrected chi connectivity index (χ4v) is 3.45. The van der Waals surface area contributed by atoms with Gasteiger partial charge in [-0.1, -0.05) is 18.5 Å². The van der Waals surface area contributed by atoms with Gasteiger partial charge in [0.25, 0.3) is 5.91 Å². The van der Waals surface area contributed by atoms with Crippen molar-refractivity contribution in [3.8, 4) is 11.5 Å². The summed E-state index contributed by atoms with van der Waals surface area (Å²) >= 11 is 5.99. The summed E-state index contributed by atoms with van der Waals surface area (Å²) in [6.07, 6.45) is 0.345. The van der Waals surface area contributed by atoms with Gasteiger partial charge >= 0.3 is 0 Å². The number of ketones is 1. The minimum atomic E-state index is -0.103. The van der Waals surface area contributed by atoms with E-state index in [1.54, 1.807) is 37.1 Å². The lowest BCUT2D eigenvalue weighted by Crippen LogP contribution is -2.50. The monoisotopic (exact) mass is 416 g/mol. The highest BCUT2D eigenvalue weighted by molar-refractivity contribution is 6.31. The Morgan fingerprint density at radius 2 is 1.72 bits per heavy atom. The van der Waals surface area contributed by atoms with Crippen LogP contribution in [-0.2, 0) is 4.79 Å². The second-order valence-electron chi connectivity index (χ2n) is 6.77. The molecule has 0 saturated carbocycles. The highest BCUT2D eigenvalue weighted by atomic mass is 35.5. The summed E-state index contributed by atoms with van der Waals surface area (Å²) in [4.78, 5) is 28.7. The quantitative estimate of drug-likeness (QED) is 0.644. The number of hydrogen-bond donors (Lipinski definition) is 0. The predicted molar refractivity (Wildman–Crippen MR) is 113 cm³/mol. The Kier molecular flexibility index (Phi) is 6.99. The lowest BCUT2D eigenvalue weighted by molar-refractivity contribution is -0.133. The first-order chi connectivity index (χ1) is 14.0. The van der Waals surface area contributed by atoms with Crippen LogP contribution in [0.2, 0.25) is 5.02 Å². The number of rotatable bonds is 7. The Bertz CT molecular complexity index is 862. The van der Waals surface area contributed by atoms with E-state index in [1.807, 2.05) is 24.3 Å². The van der Waals surface area contributed by atoms with Gasteiger partial charge in [0, 0.05) is 43.3 Å². The van der Waals surface area contributed by atoms with Gasteiger partial charge in [-0.05, 0) is 42.5 Å². The number of ether oxygens (including phenoxy) is 2. The van der Waals surface area contributed by atoms with Crippen molar-refractivity contribution in [1.29, 1.82) is 0 Å². The summed E-state index contributed by atoms with van der Waals surface area (Å²) in [5, 5.41) is 0.468. The van der Waals surface area contributed by atoms with E-state index in [0.29, 0.717) is 35.8 Å². The van der Waals surface area contributed by atoms with Crippen molar-refractivity contribution in [2.24, 2.45) is 0 Å². The molecule has 154 valence electrons. The van der Waals surface area contributed by atoms with E-state index >= 15 is 0 Å². The molecule has 3 rings (SSSR count). The zero-order valence-electron chi connectivity index (χ0n) is 16.7. The Morgan fingerprint density at radius 1 is 1.03 bits per heavy atom. The summed E-state index contributed by atoms with van der Waals surface area (Å²) in [5.74, 6) is 1.06. The largest absolute Gasteiger partial charge is 0.497 e. The van der Waals surface area contributed by atoms with Crippen LogP contribution >= 0.6 is 11.6 Å². The molecule has 2 aromatic carbocycles. The summed E-state index contributed by atoms with van der Waals surface area (Å²) in [6, 6.07) is 12.8. The van der Waals surface area contributed by atoms with E-state index in [0.717, 1.165) is 24.5 Å². The van der Waals surface area contributed by atoms with Crippen molar-refractivity contribution in [1.82, 2.24) is 4.90 Å². The topological polar surface area (TPSA) is 59.1 Å². The zero-order valence-corrected chi connectivity index (χ0v) is 17.4. The summed E-state index contributed by atoms with van der Waals surface area (Å²) in [6.45, 7) is 4.41. The van der Waals surface area contributed by atoms with Gasteiger partial charge in [-0.15, -0.1) is 0 Å². The van der Waals surface area contributed by atoms with E-state index < -0.39 is 0 Å². The van der Waals surface area contributed by atoms with Crippen LogP contribution < -0.4 is 14.4 Å². The number of anilines is 1. The van der Waals surface area contributed by atoms with E-state index in [-0.39, 0.29) is 18.3 Å². The van der Waals surface area contributed by atoms with Crippen molar-refractivity contribution in [2.75, 3.05) is 44.8 Å². The van der Waals surface area contributed by atoms with Gasteiger partial charge in [0.15, 0.2) is 12.4 Å². The molecule has 0 aromatic heterocycles. The fraction of sp³-hybridized carbons (Fsp3) is 0.364. The standard InChI is InChI=1S/C22H25ClN2O4/c1-3-20(26)19-14-16(23)4-9-21(19)29-15-22(27)25-12-10-24(11-13-25)17-5-7-18(28-2)8-6-17/h4-9,14H,3,10-13,15H2,1-2H3. The molecule has 2 aromatic rings. The summed E-state index contributed by atoms with van der Waals surface area (Å²) in [5.41, 5.74) is 1.52. The number of benzene rings is 2. The number of amides is 1. The molecule has 1 aliphatic heterocycles. The summed E-state index contributed by atoms with van der Waals surface area (Å²) < 4.78 is 10.9. The second-order valence-corrected chi connectivity index (χ2v) is 7.21. The first kappa shape index (κ1) is 21.0. The molecule has 0 spiro atoms. The smallest absolute Gasteiger partial charge is 0.260 e. The molecular weight excluding hydrogens is 392 g/mol. The van der Waals surface area contributed by atoms with E-state index in [1.165, 1.54) is 0 Å². The number of piperazine rings is 1. The second kappa shape index (κ2) is 9.65. The molecule has 0 radical (unpaired) electrons. The lowest BCUT2D eigenvalue weighted by atomic mass is 10.1. The first-order valence-corrected chi connectivity index (χ1v) is 10.0. The molecule has 1 aliphatic rings. The molecule has 0 aliphatic carbocycles. The number of nitrogens with zero attached hydrogens (tertiary/aromatic N) is 2. The molecule has 6 nitrogen and oxygen atoms in total. The third-order valence-electron chi connectivity index (χ3n) is 4.98. The van der Waals surface area contributed by atoms with E-state index in [2.05, 4.69) is 4.90 Å². The van der Waals surface area contributed by atoms with Gasteiger partial charge in [0.1, 0.15) is 11.5 Å². The SMILES string of the molecule is CCC(=O)c1cc(Cl)ccc1OCC(=O)N1CCN(c2ccc(OC)cc2)CC1.